The number of carbonyl (C=O) groups excluding carboxylic acids is 1. The Hall–Kier alpha value is -4.89. The lowest BCUT2D eigenvalue weighted by Gasteiger charge is -2.31. The van der Waals surface area contributed by atoms with E-state index < -0.39 is 82.7 Å². The zero-order valence-corrected chi connectivity index (χ0v) is 42.5. The van der Waals surface area contributed by atoms with Gasteiger partial charge in [0.2, 0.25) is 5.69 Å². The third kappa shape index (κ3) is 11.9. The Morgan fingerprint density at radius 2 is 1.30 bits per heavy atom. The van der Waals surface area contributed by atoms with Crippen LogP contribution < -0.4 is 4.90 Å². The van der Waals surface area contributed by atoms with Crippen molar-refractivity contribution in [1.82, 2.24) is 0 Å². The van der Waals surface area contributed by atoms with E-state index in [1.165, 1.54) is 18.2 Å². The van der Waals surface area contributed by atoms with E-state index in [4.69, 9.17) is 4.74 Å². The van der Waals surface area contributed by atoms with E-state index in [0.29, 0.717) is 90.2 Å². The highest BCUT2D eigenvalue weighted by molar-refractivity contribution is 7.87. The van der Waals surface area contributed by atoms with Crippen LogP contribution in [0.4, 0.5) is 11.4 Å². The molecule has 0 saturated carbocycles. The van der Waals surface area contributed by atoms with Gasteiger partial charge in [-0.1, -0.05) is 56.5 Å². The molecule has 2 aliphatic rings. The topological polar surface area (TPSA) is 304 Å². The zero-order valence-electron chi connectivity index (χ0n) is 38.4. The predicted molar refractivity (Wildman–Crippen MR) is 263 cm³/mol. The lowest BCUT2D eigenvalue weighted by molar-refractivity contribution is -0.437. The average molecular weight is 1070 g/mol. The minimum Gasteiger partial charge on any atom is -0.468 e. The molecule has 0 aromatic heterocycles. The van der Waals surface area contributed by atoms with Gasteiger partial charge >= 0.3 is 0 Å². The summed E-state index contributed by atoms with van der Waals surface area (Å²) in [4.78, 5) is 10.7. The second-order valence-corrected chi connectivity index (χ2v) is 25.1. The van der Waals surface area contributed by atoms with Crippen molar-refractivity contribution in [3.05, 3.63) is 102 Å². The van der Waals surface area contributed by atoms with Crippen LogP contribution in [0.15, 0.2) is 105 Å². The number of nitrogens with zero attached hydrogens (tertiary/aromatic N) is 2. The molecule has 2 heterocycles. The number of benzene rings is 4. The maximum atomic E-state index is 12.8. The van der Waals surface area contributed by atoms with E-state index in [-0.39, 0.29) is 48.2 Å². The van der Waals surface area contributed by atoms with E-state index in [1.807, 2.05) is 37.5 Å². The summed E-state index contributed by atoms with van der Waals surface area (Å²) in [6.07, 6.45) is 11.6. The highest BCUT2D eigenvalue weighted by atomic mass is 32.2. The van der Waals surface area contributed by atoms with Gasteiger partial charge in [-0.15, -0.1) is 0 Å². The molecule has 380 valence electrons. The SMILES string of the molecule is CCCC1(C)C(/C=C/C=C/C=C2/N(CCCS(=O)(=O)O)c3ccc4c(S(=O)(=O)O)cc(S(=O)(=O)O)cc4c3C2(C)CCCCCOC=O)=[N+](CCCS(=O)(=O)O)c2ccc3ccc(S(=O)(=O)O)cc3c21. The van der Waals surface area contributed by atoms with Crippen LogP contribution in [0, 0.1) is 0 Å². The molecule has 5 N–H and O–H groups in total. The summed E-state index contributed by atoms with van der Waals surface area (Å²) in [5.74, 6) is -1.16. The fourth-order valence-electron chi connectivity index (χ4n) is 9.99. The van der Waals surface area contributed by atoms with Crippen LogP contribution in [0.5, 0.6) is 0 Å². The first-order valence-corrected chi connectivity index (χ1v) is 29.6. The standard InChI is InChI=1S/C46H54N2O17S5/c1-4-21-45(2)41(47(23-11-26-66(50,51)52)38-19-16-32-15-17-33(68(56,57)58)28-36(32)43(38)45)13-7-5-8-14-42-46(3,22-9-6-10-25-65-31-49)44-37-29-34(69(59,60)61)30-40(70(62,63)64)35(37)18-20-39(44)48(42)24-12-27-67(53,54)55/h5,7-8,13-20,28-31H,4,6,9-12,21-27H2,1-3H3,(H4-,50,51,52,53,54,55,56,57,58,59,60,61,62,63,64)/p+1. The zero-order chi connectivity index (χ0) is 51.7. The van der Waals surface area contributed by atoms with Gasteiger partial charge in [-0.3, -0.25) is 27.6 Å². The summed E-state index contributed by atoms with van der Waals surface area (Å²) in [5.41, 5.74) is 1.52. The van der Waals surface area contributed by atoms with Gasteiger partial charge in [-0.25, -0.2) is 0 Å². The Morgan fingerprint density at radius 3 is 1.93 bits per heavy atom. The number of unbranched alkanes of at least 4 members (excludes halogenated alkanes) is 2. The van der Waals surface area contributed by atoms with Gasteiger partial charge in [-0.2, -0.15) is 46.7 Å². The van der Waals surface area contributed by atoms with Crippen molar-refractivity contribution in [3.63, 3.8) is 0 Å². The Morgan fingerprint density at radius 1 is 0.643 bits per heavy atom. The second-order valence-electron chi connectivity index (χ2n) is 17.7. The summed E-state index contributed by atoms with van der Waals surface area (Å²) < 4.78 is 179. The van der Waals surface area contributed by atoms with Crippen molar-refractivity contribution in [2.24, 2.45) is 0 Å². The molecular weight excluding hydrogens is 1010 g/mol. The van der Waals surface area contributed by atoms with Gasteiger partial charge in [-0.05, 0) is 104 Å². The van der Waals surface area contributed by atoms with Gasteiger partial charge in [0.15, 0.2) is 5.71 Å². The van der Waals surface area contributed by atoms with Crippen LogP contribution in [0.1, 0.15) is 83.3 Å². The number of anilines is 1. The number of ether oxygens (including phenoxy) is 1. The number of fused-ring (bicyclic) bond motifs is 6. The molecule has 0 spiro atoms. The molecule has 0 radical (unpaired) electrons. The Labute approximate surface area is 408 Å². The third-order valence-electron chi connectivity index (χ3n) is 12.8. The van der Waals surface area contributed by atoms with Crippen molar-refractivity contribution < 1.29 is 79.0 Å². The summed E-state index contributed by atoms with van der Waals surface area (Å²) >= 11 is 0. The summed E-state index contributed by atoms with van der Waals surface area (Å²) in [5, 5.41) is 1.23. The van der Waals surface area contributed by atoms with Crippen molar-refractivity contribution in [2.75, 3.05) is 36.1 Å². The van der Waals surface area contributed by atoms with Crippen LogP contribution >= 0.6 is 0 Å². The van der Waals surface area contributed by atoms with E-state index in [9.17, 15) is 69.6 Å². The first kappa shape index (κ1) is 54.4. The highest BCUT2D eigenvalue weighted by Gasteiger charge is 2.49. The summed E-state index contributed by atoms with van der Waals surface area (Å²) in [7, 11) is -23.5. The van der Waals surface area contributed by atoms with Gasteiger partial charge < -0.3 is 9.64 Å². The van der Waals surface area contributed by atoms with Crippen LogP contribution in [-0.4, -0.2) is 113 Å². The maximum Gasteiger partial charge on any atom is 0.295 e. The second kappa shape index (κ2) is 20.7. The molecule has 70 heavy (non-hydrogen) atoms. The molecule has 24 heteroatoms. The molecule has 0 aliphatic carbocycles. The number of hydrogen-bond donors (Lipinski definition) is 5. The highest BCUT2D eigenvalue weighted by Crippen LogP contribution is 2.54. The Balaban J connectivity index is 1.53. The lowest BCUT2D eigenvalue weighted by Crippen LogP contribution is -2.31. The quantitative estimate of drug-likeness (QED) is 0.0165. The van der Waals surface area contributed by atoms with Crippen molar-refractivity contribution in [1.29, 1.82) is 0 Å². The van der Waals surface area contributed by atoms with Crippen molar-refractivity contribution >= 4 is 95.7 Å². The van der Waals surface area contributed by atoms with Crippen LogP contribution in [0.3, 0.4) is 0 Å². The van der Waals surface area contributed by atoms with Crippen LogP contribution in [-0.2, 0) is 71.0 Å². The van der Waals surface area contributed by atoms with Gasteiger partial charge in [0.05, 0.1) is 33.3 Å². The van der Waals surface area contributed by atoms with Gasteiger partial charge in [0.25, 0.3) is 57.1 Å². The molecule has 0 amide bonds. The fourth-order valence-corrected chi connectivity index (χ4v) is 12.8. The molecular formula is C46H55N2O17S5+. The monoisotopic (exact) mass is 1070 g/mol. The smallest absolute Gasteiger partial charge is 0.295 e. The molecule has 2 aliphatic heterocycles. The fraction of sp³-hybridized carbons (Fsp3) is 0.391. The van der Waals surface area contributed by atoms with Crippen molar-refractivity contribution in [2.45, 2.75) is 97.7 Å². The number of carbonyl (C=O) groups is 1. The normalized spacial score (nSPS) is 19.6. The van der Waals surface area contributed by atoms with E-state index in [2.05, 4.69) is 0 Å². The lowest BCUT2D eigenvalue weighted by atomic mass is 9.74. The molecule has 2 atom stereocenters. The molecule has 19 nitrogen and oxygen atoms in total. The molecule has 0 saturated heterocycles. The van der Waals surface area contributed by atoms with Crippen LogP contribution in [0.25, 0.3) is 21.5 Å². The van der Waals surface area contributed by atoms with E-state index in [0.717, 1.165) is 11.6 Å². The van der Waals surface area contributed by atoms with E-state index in [1.54, 1.807) is 47.4 Å². The Kier molecular flexibility index (Phi) is 16.1. The van der Waals surface area contributed by atoms with Crippen LogP contribution in [0.2, 0.25) is 0 Å². The van der Waals surface area contributed by atoms with E-state index >= 15 is 0 Å². The first-order chi connectivity index (χ1) is 32.5. The molecule has 2 unspecified atom stereocenters. The first-order valence-electron chi connectivity index (χ1n) is 22.1. The summed E-state index contributed by atoms with van der Waals surface area (Å²) in [6.45, 7) is 6.35. The van der Waals surface area contributed by atoms with Gasteiger partial charge in [0.1, 0.15) is 11.4 Å². The number of rotatable bonds is 23. The average Bonchev–Trinajstić information content (AvgIpc) is 3.62. The van der Waals surface area contributed by atoms with Gasteiger partial charge in [0, 0.05) is 52.9 Å². The predicted octanol–water partition coefficient (Wildman–Crippen LogP) is 6.95. The molecule has 4 aromatic rings. The molecule has 4 aromatic carbocycles. The third-order valence-corrected chi connectivity index (χ3v) is 17.0. The minimum atomic E-state index is -5.08. The largest absolute Gasteiger partial charge is 0.468 e. The minimum absolute atomic E-state index is 0.0168. The molecule has 0 fully saturated rings. The molecule has 0 bridgehead atoms. The number of allylic oxidation sites excluding steroid dienone is 6. The summed E-state index contributed by atoms with van der Waals surface area (Å²) in [6, 6.07) is 12.6. The van der Waals surface area contributed by atoms with Crippen molar-refractivity contribution in [3.8, 4) is 0 Å². The number of hydrogen-bond acceptors (Lipinski definition) is 13. The maximum absolute atomic E-state index is 12.8. The molecule has 6 rings (SSSR count). The Bertz CT molecular complexity index is 3440.